The minimum absolute atomic E-state index is 0.0990. The molecule has 28 heavy (non-hydrogen) atoms. The van der Waals surface area contributed by atoms with E-state index in [9.17, 15) is 4.79 Å². The van der Waals surface area contributed by atoms with Gasteiger partial charge >= 0.3 is 0 Å². The van der Waals surface area contributed by atoms with Crippen molar-refractivity contribution in [1.29, 1.82) is 0 Å². The molecule has 1 amide bonds. The van der Waals surface area contributed by atoms with Gasteiger partial charge in [-0.2, -0.15) is 0 Å². The second-order valence-corrected chi connectivity index (χ2v) is 7.21. The Kier molecular flexibility index (Phi) is 5.39. The van der Waals surface area contributed by atoms with Crippen molar-refractivity contribution in [3.8, 4) is 17.2 Å². The number of piperazine rings is 1. The quantitative estimate of drug-likeness (QED) is 0.795. The fourth-order valence-corrected chi connectivity index (χ4v) is 3.89. The average Bonchev–Trinajstić information content (AvgIpc) is 3.18. The summed E-state index contributed by atoms with van der Waals surface area (Å²) in [5.74, 6) is 2.42. The van der Waals surface area contributed by atoms with E-state index >= 15 is 0 Å². The fraction of sp³-hybridized carbons (Fsp3) is 0.409. The molecule has 0 saturated carbocycles. The Hall–Kier alpha value is -2.73. The van der Waals surface area contributed by atoms with E-state index in [1.807, 2.05) is 41.3 Å². The molecule has 1 saturated heterocycles. The molecular weight excluding hydrogens is 356 g/mol. The molecule has 6 nitrogen and oxygen atoms in total. The monoisotopic (exact) mass is 382 g/mol. The van der Waals surface area contributed by atoms with E-state index in [4.69, 9.17) is 14.2 Å². The lowest BCUT2D eigenvalue weighted by Gasteiger charge is -2.35. The van der Waals surface area contributed by atoms with E-state index in [1.54, 1.807) is 14.2 Å². The maximum Gasteiger partial charge on any atom is 0.264 e. The Morgan fingerprint density at radius 3 is 2.50 bits per heavy atom. The van der Waals surface area contributed by atoms with Gasteiger partial charge in [0.2, 0.25) is 0 Å². The molecule has 2 aromatic carbocycles. The van der Waals surface area contributed by atoms with Gasteiger partial charge in [-0.05, 0) is 29.3 Å². The first-order valence-electron chi connectivity index (χ1n) is 9.64. The molecule has 0 bridgehead atoms. The lowest BCUT2D eigenvalue weighted by molar-refractivity contribution is -0.139. The lowest BCUT2D eigenvalue weighted by Crippen LogP contribution is -2.51. The van der Waals surface area contributed by atoms with Gasteiger partial charge in [0.15, 0.2) is 17.6 Å². The summed E-state index contributed by atoms with van der Waals surface area (Å²) in [5, 5.41) is 0. The van der Waals surface area contributed by atoms with Crippen LogP contribution in [0.15, 0.2) is 42.5 Å². The molecule has 2 heterocycles. The number of para-hydroxylation sites is 1. The lowest BCUT2D eigenvalue weighted by atomic mass is 10.1. The molecule has 2 aliphatic rings. The molecule has 148 valence electrons. The molecular formula is C22H26N2O4. The average molecular weight is 382 g/mol. The number of carbonyl (C=O) groups excluding carboxylic acids is 1. The highest BCUT2D eigenvalue weighted by Gasteiger charge is 2.33. The maximum absolute atomic E-state index is 12.8. The second-order valence-electron chi connectivity index (χ2n) is 7.21. The highest BCUT2D eigenvalue weighted by Crippen LogP contribution is 2.30. The number of hydrogen-bond acceptors (Lipinski definition) is 5. The van der Waals surface area contributed by atoms with Gasteiger partial charge in [0.05, 0.1) is 14.2 Å². The zero-order valence-electron chi connectivity index (χ0n) is 16.4. The number of methoxy groups -OCH3 is 2. The first kappa shape index (κ1) is 18.6. The number of benzene rings is 2. The van der Waals surface area contributed by atoms with Gasteiger partial charge in [-0.1, -0.05) is 24.3 Å². The standard InChI is InChI=1S/C22H26N2O4/c1-26-19-8-7-16(13-20(19)27-2)15-23-9-11-24(12-10-23)22(25)21-14-17-5-3-4-6-18(17)28-21/h3-8,13,21H,9-12,14-15H2,1-2H3/t21-/m1/s1. The summed E-state index contributed by atoms with van der Waals surface area (Å²) in [6.45, 7) is 3.97. The Balaban J connectivity index is 1.31. The molecule has 0 aliphatic carbocycles. The van der Waals surface area contributed by atoms with Crippen LogP contribution in [0.5, 0.6) is 17.2 Å². The predicted molar refractivity (Wildman–Crippen MR) is 106 cm³/mol. The molecule has 4 rings (SSSR count). The van der Waals surface area contributed by atoms with Crippen molar-refractivity contribution >= 4 is 5.91 Å². The van der Waals surface area contributed by atoms with E-state index in [0.29, 0.717) is 6.42 Å². The molecule has 6 heteroatoms. The van der Waals surface area contributed by atoms with Crippen molar-refractivity contribution in [3.05, 3.63) is 53.6 Å². The summed E-state index contributed by atoms with van der Waals surface area (Å²) in [4.78, 5) is 17.1. The summed E-state index contributed by atoms with van der Waals surface area (Å²) >= 11 is 0. The Labute approximate surface area is 165 Å². The van der Waals surface area contributed by atoms with Gasteiger partial charge in [0.25, 0.3) is 5.91 Å². The van der Waals surface area contributed by atoms with Crippen LogP contribution in [0.4, 0.5) is 0 Å². The van der Waals surface area contributed by atoms with Crippen LogP contribution in [-0.4, -0.2) is 62.2 Å². The first-order chi connectivity index (χ1) is 13.7. The number of ether oxygens (including phenoxy) is 3. The van der Waals surface area contributed by atoms with E-state index in [-0.39, 0.29) is 12.0 Å². The van der Waals surface area contributed by atoms with E-state index in [1.165, 1.54) is 5.56 Å². The molecule has 0 radical (unpaired) electrons. The molecule has 0 N–H and O–H groups in total. The van der Waals surface area contributed by atoms with Gasteiger partial charge in [-0.25, -0.2) is 0 Å². The highest BCUT2D eigenvalue weighted by molar-refractivity contribution is 5.82. The minimum atomic E-state index is -0.380. The van der Waals surface area contributed by atoms with Gasteiger partial charge in [0.1, 0.15) is 5.75 Å². The summed E-state index contributed by atoms with van der Waals surface area (Å²) < 4.78 is 16.5. The van der Waals surface area contributed by atoms with Crippen molar-refractivity contribution in [2.24, 2.45) is 0 Å². The largest absolute Gasteiger partial charge is 0.493 e. The zero-order chi connectivity index (χ0) is 19.5. The molecule has 2 aromatic rings. The molecule has 0 spiro atoms. The van der Waals surface area contributed by atoms with E-state index in [2.05, 4.69) is 11.0 Å². The second kappa shape index (κ2) is 8.10. The smallest absolute Gasteiger partial charge is 0.264 e. The summed E-state index contributed by atoms with van der Waals surface area (Å²) in [6.07, 6.45) is 0.288. The van der Waals surface area contributed by atoms with Crippen LogP contribution in [0.3, 0.4) is 0 Å². The highest BCUT2D eigenvalue weighted by atomic mass is 16.5. The van der Waals surface area contributed by atoms with E-state index in [0.717, 1.165) is 55.5 Å². The SMILES string of the molecule is COc1ccc(CN2CCN(C(=O)[C@H]3Cc4ccccc4O3)CC2)cc1OC. The molecule has 0 aromatic heterocycles. The topological polar surface area (TPSA) is 51.2 Å². The number of fused-ring (bicyclic) bond motifs is 1. The third-order valence-corrected chi connectivity index (χ3v) is 5.46. The van der Waals surface area contributed by atoms with Crippen LogP contribution >= 0.6 is 0 Å². The number of carbonyl (C=O) groups is 1. The van der Waals surface area contributed by atoms with Crippen LogP contribution in [0.2, 0.25) is 0 Å². The van der Waals surface area contributed by atoms with Crippen molar-refractivity contribution in [1.82, 2.24) is 9.80 Å². The van der Waals surface area contributed by atoms with Gasteiger partial charge in [-0.15, -0.1) is 0 Å². The molecule has 2 aliphatic heterocycles. The Morgan fingerprint density at radius 1 is 1.04 bits per heavy atom. The van der Waals surface area contributed by atoms with Crippen molar-refractivity contribution < 1.29 is 19.0 Å². The van der Waals surface area contributed by atoms with Crippen molar-refractivity contribution in [3.63, 3.8) is 0 Å². The molecule has 1 atom stereocenters. The maximum atomic E-state index is 12.8. The molecule has 1 fully saturated rings. The number of amides is 1. The molecule has 0 unspecified atom stereocenters. The zero-order valence-corrected chi connectivity index (χ0v) is 16.4. The van der Waals surface area contributed by atoms with E-state index < -0.39 is 0 Å². The number of rotatable bonds is 5. The normalized spacial score (nSPS) is 19.1. The summed E-state index contributed by atoms with van der Waals surface area (Å²) in [5.41, 5.74) is 2.29. The first-order valence-corrected chi connectivity index (χ1v) is 9.64. The third kappa shape index (κ3) is 3.78. The van der Waals surface area contributed by atoms with Crippen LogP contribution in [-0.2, 0) is 17.8 Å². The van der Waals surface area contributed by atoms with Gasteiger partial charge < -0.3 is 19.1 Å². The predicted octanol–water partition coefficient (Wildman–Crippen LogP) is 2.35. The third-order valence-electron chi connectivity index (χ3n) is 5.46. The Morgan fingerprint density at radius 2 is 1.79 bits per heavy atom. The van der Waals surface area contributed by atoms with Crippen molar-refractivity contribution in [2.45, 2.75) is 19.1 Å². The summed E-state index contributed by atoms with van der Waals surface area (Å²) in [7, 11) is 3.29. The van der Waals surface area contributed by atoms with Crippen LogP contribution in [0, 0.1) is 0 Å². The summed E-state index contributed by atoms with van der Waals surface area (Å²) in [6, 6.07) is 13.9. The fourth-order valence-electron chi connectivity index (χ4n) is 3.89. The van der Waals surface area contributed by atoms with Crippen LogP contribution in [0.1, 0.15) is 11.1 Å². The number of hydrogen-bond donors (Lipinski definition) is 0. The Bertz CT molecular complexity index is 821. The van der Waals surface area contributed by atoms with Crippen LogP contribution < -0.4 is 14.2 Å². The van der Waals surface area contributed by atoms with Gasteiger partial charge in [-0.3, -0.25) is 9.69 Å². The minimum Gasteiger partial charge on any atom is -0.493 e. The number of nitrogens with zero attached hydrogens (tertiary/aromatic N) is 2. The van der Waals surface area contributed by atoms with Crippen LogP contribution in [0.25, 0.3) is 0 Å². The van der Waals surface area contributed by atoms with Crippen molar-refractivity contribution in [2.75, 3.05) is 40.4 Å². The van der Waals surface area contributed by atoms with Gasteiger partial charge in [0, 0.05) is 39.1 Å².